The summed E-state index contributed by atoms with van der Waals surface area (Å²) in [4.78, 5) is 0. The van der Waals surface area contributed by atoms with Crippen LogP contribution in [0, 0.1) is 0 Å². The van der Waals surface area contributed by atoms with E-state index in [1.807, 2.05) is 0 Å². The molecule has 2 aromatic rings. The third-order valence-corrected chi connectivity index (χ3v) is 6.58. The molecule has 0 heterocycles. The second-order valence-electron chi connectivity index (χ2n) is 4.46. The molecule has 1 unspecified atom stereocenters. The van der Waals surface area contributed by atoms with Crippen molar-refractivity contribution in [2.24, 2.45) is 0 Å². The SMILES string of the molecule is CCC(C)[Si](c1ccccc1)c1ccccc1. The van der Waals surface area contributed by atoms with Crippen LogP contribution in [0.4, 0.5) is 0 Å². The summed E-state index contributed by atoms with van der Waals surface area (Å²) in [6.07, 6.45) is 1.25. The van der Waals surface area contributed by atoms with Crippen molar-refractivity contribution < 1.29 is 0 Å². The van der Waals surface area contributed by atoms with Crippen LogP contribution in [0.1, 0.15) is 20.3 Å². The van der Waals surface area contributed by atoms with Crippen molar-refractivity contribution in [1.29, 1.82) is 0 Å². The second kappa shape index (κ2) is 5.83. The highest BCUT2D eigenvalue weighted by Gasteiger charge is 2.21. The first-order valence-corrected chi connectivity index (χ1v) is 7.88. The zero-order valence-electron chi connectivity index (χ0n) is 10.6. The van der Waals surface area contributed by atoms with Crippen LogP contribution in [0.5, 0.6) is 0 Å². The molecule has 0 bridgehead atoms. The van der Waals surface area contributed by atoms with Crippen molar-refractivity contribution in [2.45, 2.75) is 25.8 Å². The Morgan fingerprint density at radius 1 is 0.824 bits per heavy atom. The first-order chi connectivity index (χ1) is 8.33. The fourth-order valence-corrected chi connectivity index (χ4v) is 5.16. The molecule has 1 radical (unpaired) electrons. The van der Waals surface area contributed by atoms with Gasteiger partial charge in [0.05, 0.1) is 0 Å². The maximum Gasteiger partial charge on any atom is 0.124 e. The lowest BCUT2D eigenvalue weighted by atomic mass is 10.3. The van der Waals surface area contributed by atoms with Gasteiger partial charge in [0.25, 0.3) is 0 Å². The Morgan fingerprint density at radius 3 is 1.59 bits per heavy atom. The summed E-state index contributed by atoms with van der Waals surface area (Å²) in [6, 6.07) is 22.0. The van der Waals surface area contributed by atoms with Gasteiger partial charge in [0, 0.05) is 0 Å². The van der Waals surface area contributed by atoms with Gasteiger partial charge in [-0.2, -0.15) is 0 Å². The molecule has 0 fully saturated rings. The standard InChI is InChI=1S/C16H19Si/c1-3-14(2)17(15-10-6-4-7-11-15)16-12-8-5-9-13-16/h4-14H,3H2,1-2H3. The summed E-state index contributed by atoms with van der Waals surface area (Å²) in [7, 11) is -0.628. The second-order valence-corrected chi connectivity index (χ2v) is 7.42. The molecular weight excluding hydrogens is 220 g/mol. The van der Waals surface area contributed by atoms with Crippen LogP contribution < -0.4 is 10.4 Å². The Labute approximate surface area is 106 Å². The van der Waals surface area contributed by atoms with Crippen molar-refractivity contribution >= 4 is 19.2 Å². The molecule has 0 nitrogen and oxygen atoms in total. The smallest absolute Gasteiger partial charge is 0.0654 e. The Hall–Kier alpha value is -1.34. The molecule has 17 heavy (non-hydrogen) atoms. The molecule has 2 aromatic carbocycles. The van der Waals surface area contributed by atoms with Crippen molar-refractivity contribution in [1.82, 2.24) is 0 Å². The molecule has 87 valence electrons. The molecule has 0 aliphatic heterocycles. The average molecular weight is 239 g/mol. The van der Waals surface area contributed by atoms with Gasteiger partial charge in [0.1, 0.15) is 8.80 Å². The summed E-state index contributed by atoms with van der Waals surface area (Å²) in [5, 5.41) is 3.05. The number of hydrogen-bond donors (Lipinski definition) is 0. The van der Waals surface area contributed by atoms with Crippen LogP contribution in [0.25, 0.3) is 0 Å². The van der Waals surface area contributed by atoms with E-state index in [9.17, 15) is 0 Å². The lowest BCUT2D eigenvalue weighted by Crippen LogP contribution is -2.45. The molecule has 0 saturated carbocycles. The van der Waals surface area contributed by atoms with Crippen LogP contribution in [0.3, 0.4) is 0 Å². The minimum atomic E-state index is -0.628. The highest BCUT2D eigenvalue weighted by atomic mass is 28.3. The van der Waals surface area contributed by atoms with E-state index in [1.165, 1.54) is 16.8 Å². The zero-order valence-corrected chi connectivity index (χ0v) is 11.6. The topological polar surface area (TPSA) is 0 Å². The fraction of sp³-hybridized carbons (Fsp3) is 0.250. The van der Waals surface area contributed by atoms with E-state index in [1.54, 1.807) is 0 Å². The highest BCUT2D eigenvalue weighted by molar-refractivity contribution is 6.86. The molecule has 0 N–H and O–H groups in total. The van der Waals surface area contributed by atoms with Crippen LogP contribution in [0.2, 0.25) is 5.54 Å². The largest absolute Gasteiger partial charge is 0.124 e. The lowest BCUT2D eigenvalue weighted by Gasteiger charge is -2.21. The molecule has 0 saturated heterocycles. The van der Waals surface area contributed by atoms with E-state index in [-0.39, 0.29) is 0 Å². The quantitative estimate of drug-likeness (QED) is 0.719. The van der Waals surface area contributed by atoms with Gasteiger partial charge in [-0.15, -0.1) is 0 Å². The van der Waals surface area contributed by atoms with Crippen LogP contribution in [-0.2, 0) is 0 Å². The van der Waals surface area contributed by atoms with E-state index in [0.717, 1.165) is 5.54 Å². The van der Waals surface area contributed by atoms with Crippen molar-refractivity contribution in [3.63, 3.8) is 0 Å². The monoisotopic (exact) mass is 239 g/mol. The summed E-state index contributed by atoms with van der Waals surface area (Å²) < 4.78 is 0. The Balaban J connectivity index is 2.39. The van der Waals surface area contributed by atoms with Gasteiger partial charge in [-0.25, -0.2) is 0 Å². The summed E-state index contributed by atoms with van der Waals surface area (Å²) in [6.45, 7) is 4.68. The van der Waals surface area contributed by atoms with E-state index in [4.69, 9.17) is 0 Å². The van der Waals surface area contributed by atoms with E-state index in [0.29, 0.717) is 0 Å². The predicted molar refractivity (Wildman–Crippen MR) is 77.6 cm³/mol. The zero-order chi connectivity index (χ0) is 12.1. The highest BCUT2D eigenvalue weighted by Crippen LogP contribution is 2.14. The maximum atomic E-state index is 2.38. The van der Waals surface area contributed by atoms with Crippen molar-refractivity contribution in [3.8, 4) is 0 Å². The predicted octanol–water partition coefficient (Wildman–Crippen LogP) is 3.10. The van der Waals surface area contributed by atoms with Gasteiger partial charge in [-0.05, 0) is 5.54 Å². The van der Waals surface area contributed by atoms with Crippen molar-refractivity contribution in [3.05, 3.63) is 60.7 Å². The molecule has 0 amide bonds. The normalized spacial score (nSPS) is 12.6. The van der Waals surface area contributed by atoms with Gasteiger partial charge < -0.3 is 0 Å². The van der Waals surface area contributed by atoms with Gasteiger partial charge in [0.2, 0.25) is 0 Å². The third kappa shape index (κ3) is 2.86. The summed E-state index contributed by atoms with van der Waals surface area (Å²) in [5.74, 6) is 0. The van der Waals surface area contributed by atoms with Gasteiger partial charge in [0.15, 0.2) is 0 Å². The average Bonchev–Trinajstić information content (AvgIpc) is 2.41. The molecule has 0 aliphatic carbocycles. The molecule has 2 rings (SSSR count). The number of rotatable bonds is 4. The van der Waals surface area contributed by atoms with Crippen molar-refractivity contribution in [2.75, 3.05) is 0 Å². The van der Waals surface area contributed by atoms with Gasteiger partial charge in [-0.1, -0.05) is 91.3 Å². The molecule has 0 aromatic heterocycles. The molecule has 1 atom stereocenters. The lowest BCUT2D eigenvalue weighted by molar-refractivity contribution is 0.866. The summed E-state index contributed by atoms with van der Waals surface area (Å²) >= 11 is 0. The van der Waals surface area contributed by atoms with Gasteiger partial charge in [-0.3, -0.25) is 0 Å². The van der Waals surface area contributed by atoms with Crippen LogP contribution >= 0.6 is 0 Å². The third-order valence-electron chi connectivity index (χ3n) is 3.27. The van der Waals surface area contributed by atoms with E-state index in [2.05, 4.69) is 74.5 Å². The Kier molecular flexibility index (Phi) is 4.16. The Bertz CT molecular complexity index is 396. The first-order valence-electron chi connectivity index (χ1n) is 6.30. The molecular formula is C16H19Si. The van der Waals surface area contributed by atoms with Crippen LogP contribution in [-0.4, -0.2) is 8.80 Å². The molecule has 0 spiro atoms. The summed E-state index contributed by atoms with van der Waals surface area (Å²) in [5.41, 5.74) is 0.768. The van der Waals surface area contributed by atoms with E-state index >= 15 is 0 Å². The number of benzene rings is 2. The first kappa shape index (κ1) is 12.1. The molecule has 0 aliphatic rings. The maximum absolute atomic E-state index is 2.38. The fourth-order valence-electron chi connectivity index (χ4n) is 2.18. The Morgan fingerprint density at radius 2 is 1.24 bits per heavy atom. The van der Waals surface area contributed by atoms with E-state index < -0.39 is 8.80 Å². The minimum absolute atomic E-state index is 0.628. The number of hydrogen-bond acceptors (Lipinski definition) is 0. The molecule has 1 heteroatoms. The minimum Gasteiger partial charge on any atom is -0.0654 e. The van der Waals surface area contributed by atoms with Gasteiger partial charge >= 0.3 is 0 Å². The van der Waals surface area contributed by atoms with Crippen LogP contribution in [0.15, 0.2) is 60.7 Å².